The summed E-state index contributed by atoms with van der Waals surface area (Å²) in [5.41, 5.74) is 0.187. The van der Waals surface area contributed by atoms with E-state index in [1.165, 1.54) is 12.1 Å². The summed E-state index contributed by atoms with van der Waals surface area (Å²) in [7, 11) is 0. The van der Waals surface area contributed by atoms with Crippen molar-refractivity contribution in [1.29, 1.82) is 0 Å². The summed E-state index contributed by atoms with van der Waals surface area (Å²) in [6.07, 6.45) is 0. The molecule has 0 atom stereocenters. The van der Waals surface area contributed by atoms with Crippen molar-refractivity contribution in [2.24, 2.45) is 0 Å². The average Bonchev–Trinajstić information content (AvgIpc) is 2.36. The number of aromatic carboxylic acids is 1. The number of hydrogen-bond donors (Lipinski definition) is 1. The average molecular weight is 362 g/mol. The number of halogens is 3. The third-order valence-corrected chi connectivity index (χ3v) is 3.80. The minimum Gasteiger partial charge on any atom is -0.478 e. The molecule has 0 fully saturated rings. The van der Waals surface area contributed by atoms with Crippen molar-refractivity contribution < 1.29 is 14.6 Å². The molecule has 0 aliphatic carbocycles. The number of carbonyl (C=O) groups is 1. The van der Waals surface area contributed by atoms with E-state index in [1.807, 2.05) is 0 Å². The van der Waals surface area contributed by atoms with E-state index in [0.717, 1.165) is 0 Å². The molecule has 0 spiro atoms. The fraction of sp³-hybridized carbons (Fsp3) is 0. The summed E-state index contributed by atoms with van der Waals surface area (Å²) in [6.45, 7) is 0. The minimum absolute atomic E-state index is 0.187. The standard InChI is InChI=1S/C13H7BrCl2O3/c14-9-5-11(16)12(6-10(9)15)19-8-3-1-7(2-4-8)13(17)18/h1-6H,(H,17,18). The number of benzene rings is 2. The molecule has 0 bridgehead atoms. The topological polar surface area (TPSA) is 46.5 Å². The maximum absolute atomic E-state index is 10.7. The van der Waals surface area contributed by atoms with Gasteiger partial charge in [0.15, 0.2) is 0 Å². The van der Waals surface area contributed by atoms with Gasteiger partial charge in [-0.25, -0.2) is 4.79 Å². The van der Waals surface area contributed by atoms with E-state index in [4.69, 9.17) is 33.0 Å². The molecule has 0 unspecified atom stereocenters. The van der Waals surface area contributed by atoms with Crippen LogP contribution >= 0.6 is 39.1 Å². The zero-order valence-corrected chi connectivity index (χ0v) is 12.5. The van der Waals surface area contributed by atoms with Gasteiger partial charge in [-0.1, -0.05) is 23.2 Å². The van der Waals surface area contributed by atoms with Gasteiger partial charge in [0.05, 0.1) is 15.6 Å². The van der Waals surface area contributed by atoms with Crippen molar-refractivity contribution in [2.45, 2.75) is 0 Å². The summed E-state index contributed by atoms with van der Waals surface area (Å²) >= 11 is 15.2. The highest BCUT2D eigenvalue weighted by Crippen LogP contribution is 2.36. The largest absolute Gasteiger partial charge is 0.478 e. The third-order valence-electron chi connectivity index (χ3n) is 2.30. The Bertz CT molecular complexity index is 627. The second-order valence-electron chi connectivity index (χ2n) is 3.63. The van der Waals surface area contributed by atoms with E-state index in [0.29, 0.717) is 26.0 Å². The first kappa shape index (κ1) is 14.2. The minimum atomic E-state index is -0.990. The second kappa shape index (κ2) is 5.82. The predicted molar refractivity (Wildman–Crippen MR) is 77.6 cm³/mol. The Hall–Kier alpha value is -1.23. The molecule has 0 aliphatic rings. The Morgan fingerprint density at radius 3 is 2.32 bits per heavy atom. The Morgan fingerprint density at radius 1 is 1.11 bits per heavy atom. The maximum atomic E-state index is 10.7. The summed E-state index contributed by atoms with van der Waals surface area (Å²) in [5.74, 6) is -0.112. The van der Waals surface area contributed by atoms with Crippen LogP contribution in [-0.2, 0) is 0 Å². The molecule has 3 nitrogen and oxygen atoms in total. The molecule has 6 heteroatoms. The number of carboxylic acid groups (broad SMARTS) is 1. The number of carboxylic acids is 1. The molecule has 2 rings (SSSR count). The van der Waals surface area contributed by atoms with Crippen LogP contribution in [0.2, 0.25) is 10.0 Å². The van der Waals surface area contributed by atoms with Crippen molar-refractivity contribution in [3.05, 3.63) is 56.5 Å². The van der Waals surface area contributed by atoms with E-state index >= 15 is 0 Å². The molecule has 1 N–H and O–H groups in total. The Morgan fingerprint density at radius 2 is 1.74 bits per heavy atom. The molecular formula is C13H7BrCl2O3. The molecule has 0 amide bonds. The van der Waals surface area contributed by atoms with Crippen LogP contribution in [-0.4, -0.2) is 11.1 Å². The Balaban J connectivity index is 2.26. The summed E-state index contributed by atoms with van der Waals surface area (Å²) in [5, 5.41) is 9.67. The molecule has 0 aromatic heterocycles. The van der Waals surface area contributed by atoms with Crippen LogP contribution in [0.15, 0.2) is 40.9 Å². The van der Waals surface area contributed by atoms with Gasteiger partial charge < -0.3 is 9.84 Å². The molecule has 19 heavy (non-hydrogen) atoms. The van der Waals surface area contributed by atoms with Gasteiger partial charge in [0.2, 0.25) is 0 Å². The van der Waals surface area contributed by atoms with Gasteiger partial charge in [-0.3, -0.25) is 0 Å². The molecule has 0 aliphatic heterocycles. The molecular weight excluding hydrogens is 355 g/mol. The van der Waals surface area contributed by atoms with E-state index < -0.39 is 5.97 Å². The molecule has 0 heterocycles. The summed E-state index contributed by atoms with van der Waals surface area (Å²) in [4.78, 5) is 10.7. The number of hydrogen-bond acceptors (Lipinski definition) is 2. The number of rotatable bonds is 3. The quantitative estimate of drug-likeness (QED) is 0.759. The van der Waals surface area contributed by atoms with Crippen LogP contribution in [0.5, 0.6) is 11.5 Å². The zero-order chi connectivity index (χ0) is 14.0. The van der Waals surface area contributed by atoms with Crippen molar-refractivity contribution in [2.75, 3.05) is 0 Å². The highest BCUT2D eigenvalue weighted by molar-refractivity contribution is 9.10. The molecule has 98 valence electrons. The molecule has 2 aromatic carbocycles. The van der Waals surface area contributed by atoms with E-state index in [1.54, 1.807) is 24.3 Å². The van der Waals surface area contributed by atoms with Crippen molar-refractivity contribution in [1.82, 2.24) is 0 Å². The Labute approximate surface area is 127 Å². The van der Waals surface area contributed by atoms with Gasteiger partial charge >= 0.3 is 5.97 Å². The van der Waals surface area contributed by atoms with Gasteiger partial charge in [0, 0.05) is 10.5 Å². The van der Waals surface area contributed by atoms with Crippen LogP contribution in [0, 0.1) is 0 Å². The molecule has 0 saturated heterocycles. The Kier molecular flexibility index (Phi) is 4.34. The van der Waals surface area contributed by atoms with Crippen molar-refractivity contribution >= 4 is 45.1 Å². The van der Waals surface area contributed by atoms with Crippen LogP contribution in [0.1, 0.15) is 10.4 Å². The van der Waals surface area contributed by atoms with Crippen LogP contribution in [0.4, 0.5) is 0 Å². The van der Waals surface area contributed by atoms with Gasteiger partial charge in [-0.2, -0.15) is 0 Å². The highest BCUT2D eigenvalue weighted by atomic mass is 79.9. The summed E-state index contributed by atoms with van der Waals surface area (Å²) < 4.78 is 6.22. The molecule has 2 aromatic rings. The highest BCUT2D eigenvalue weighted by Gasteiger charge is 2.08. The second-order valence-corrected chi connectivity index (χ2v) is 5.30. The lowest BCUT2D eigenvalue weighted by Gasteiger charge is -2.09. The molecule has 0 saturated carbocycles. The SMILES string of the molecule is O=C(O)c1ccc(Oc2cc(Cl)c(Br)cc2Cl)cc1. The van der Waals surface area contributed by atoms with Crippen molar-refractivity contribution in [3.63, 3.8) is 0 Å². The predicted octanol–water partition coefficient (Wildman–Crippen LogP) is 5.25. The fourth-order valence-corrected chi connectivity index (χ4v) is 2.21. The van der Waals surface area contributed by atoms with Crippen molar-refractivity contribution in [3.8, 4) is 11.5 Å². The van der Waals surface area contributed by atoms with Crippen LogP contribution in [0.25, 0.3) is 0 Å². The first-order chi connectivity index (χ1) is 8.97. The lowest BCUT2D eigenvalue weighted by Crippen LogP contribution is -1.95. The normalized spacial score (nSPS) is 10.3. The van der Waals surface area contributed by atoms with E-state index in [9.17, 15) is 4.79 Å². The summed E-state index contributed by atoms with van der Waals surface area (Å²) in [6, 6.07) is 9.22. The first-order valence-electron chi connectivity index (χ1n) is 5.13. The zero-order valence-electron chi connectivity index (χ0n) is 9.36. The van der Waals surface area contributed by atoms with Gasteiger partial charge in [-0.05, 0) is 46.3 Å². The first-order valence-corrected chi connectivity index (χ1v) is 6.68. The molecule has 0 radical (unpaired) electrons. The number of ether oxygens (including phenoxy) is 1. The lowest BCUT2D eigenvalue weighted by atomic mass is 10.2. The third kappa shape index (κ3) is 3.41. The maximum Gasteiger partial charge on any atom is 0.335 e. The van der Waals surface area contributed by atoms with E-state index in [-0.39, 0.29) is 5.56 Å². The monoisotopic (exact) mass is 360 g/mol. The smallest absolute Gasteiger partial charge is 0.335 e. The van der Waals surface area contributed by atoms with Crippen LogP contribution in [0.3, 0.4) is 0 Å². The van der Waals surface area contributed by atoms with Gasteiger partial charge in [0.1, 0.15) is 11.5 Å². The van der Waals surface area contributed by atoms with Gasteiger partial charge in [0.25, 0.3) is 0 Å². The lowest BCUT2D eigenvalue weighted by molar-refractivity contribution is 0.0697. The fourth-order valence-electron chi connectivity index (χ4n) is 1.38. The van der Waals surface area contributed by atoms with E-state index in [2.05, 4.69) is 15.9 Å². The van der Waals surface area contributed by atoms with Crippen LogP contribution < -0.4 is 4.74 Å². The van der Waals surface area contributed by atoms with Gasteiger partial charge in [-0.15, -0.1) is 0 Å².